The Morgan fingerprint density at radius 1 is 0.909 bits per heavy atom. The van der Waals surface area contributed by atoms with Crippen LogP contribution < -0.4 is 10.6 Å². The highest BCUT2D eigenvalue weighted by Gasteiger charge is 2.31. The number of hydrogen-bond donors (Lipinski definition) is 3. The Morgan fingerprint density at radius 2 is 1.45 bits per heavy atom. The van der Waals surface area contributed by atoms with Crippen LogP contribution in [0.15, 0.2) is 48.5 Å². The molecule has 7 nitrogen and oxygen atoms in total. The summed E-state index contributed by atoms with van der Waals surface area (Å²) in [6, 6.07) is 14.2. The summed E-state index contributed by atoms with van der Waals surface area (Å²) in [5.74, 6) is -1.87. The normalized spacial score (nSPS) is 14.4. The maximum Gasteiger partial charge on any atom is 0.407 e. The average molecular weight is 453 g/mol. The zero-order valence-electron chi connectivity index (χ0n) is 19.5. The van der Waals surface area contributed by atoms with Gasteiger partial charge in [0.15, 0.2) is 0 Å². The molecule has 0 unspecified atom stereocenters. The van der Waals surface area contributed by atoms with Crippen molar-refractivity contribution in [1.29, 1.82) is 0 Å². The van der Waals surface area contributed by atoms with Gasteiger partial charge in [0.25, 0.3) is 0 Å². The molecule has 2 aromatic rings. The van der Waals surface area contributed by atoms with E-state index in [2.05, 4.69) is 22.8 Å². The van der Waals surface area contributed by atoms with Gasteiger partial charge in [0.1, 0.15) is 18.7 Å². The summed E-state index contributed by atoms with van der Waals surface area (Å²) in [5.41, 5.74) is 4.46. The Hall–Kier alpha value is -3.35. The van der Waals surface area contributed by atoms with Crippen LogP contribution in [0.25, 0.3) is 11.1 Å². The van der Waals surface area contributed by atoms with Crippen LogP contribution in [-0.2, 0) is 14.3 Å². The predicted molar refractivity (Wildman–Crippen MR) is 126 cm³/mol. The highest BCUT2D eigenvalue weighted by molar-refractivity contribution is 5.89. The van der Waals surface area contributed by atoms with Crippen LogP contribution in [0.1, 0.15) is 51.2 Å². The highest BCUT2D eigenvalue weighted by atomic mass is 16.5. The molecular formula is C26H32N2O5. The van der Waals surface area contributed by atoms with E-state index in [9.17, 15) is 19.5 Å². The molecule has 176 valence electrons. The smallest absolute Gasteiger partial charge is 0.407 e. The number of rotatable bonds is 9. The van der Waals surface area contributed by atoms with Gasteiger partial charge < -0.3 is 20.5 Å². The number of ether oxygens (including phenoxy) is 1. The molecule has 2 aromatic carbocycles. The minimum Gasteiger partial charge on any atom is -0.480 e. The van der Waals surface area contributed by atoms with E-state index in [0.29, 0.717) is 6.42 Å². The van der Waals surface area contributed by atoms with Crippen molar-refractivity contribution in [3.05, 3.63) is 59.7 Å². The van der Waals surface area contributed by atoms with E-state index in [-0.39, 0.29) is 24.4 Å². The first-order valence-electron chi connectivity index (χ1n) is 11.3. The summed E-state index contributed by atoms with van der Waals surface area (Å²) in [6.45, 7) is 7.48. The first kappa shape index (κ1) is 24.3. The largest absolute Gasteiger partial charge is 0.480 e. The topological polar surface area (TPSA) is 105 Å². The minimum absolute atomic E-state index is 0.0862. The van der Waals surface area contributed by atoms with Crippen molar-refractivity contribution in [2.45, 2.75) is 52.1 Å². The van der Waals surface area contributed by atoms with E-state index in [1.54, 1.807) is 13.8 Å². The Bertz CT molecular complexity index is 972. The molecule has 0 fully saturated rings. The molecule has 2 amide bonds. The number of benzene rings is 2. The number of alkyl carbamates (subject to hydrolysis) is 1. The molecule has 0 radical (unpaired) electrons. The van der Waals surface area contributed by atoms with Crippen LogP contribution >= 0.6 is 0 Å². The van der Waals surface area contributed by atoms with Crippen LogP contribution in [0.4, 0.5) is 4.79 Å². The monoisotopic (exact) mass is 452 g/mol. The molecule has 2 atom stereocenters. The first-order chi connectivity index (χ1) is 15.7. The second kappa shape index (κ2) is 10.5. The average Bonchev–Trinajstić information content (AvgIpc) is 3.08. The van der Waals surface area contributed by atoms with Gasteiger partial charge in [0.05, 0.1) is 0 Å². The number of carbonyl (C=O) groups is 3. The zero-order valence-corrected chi connectivity index (χ0v) is 19.5. The van der Waals surface area contributed by atoms with Crippen molar-refractivity contribution in [3.63, 3.8) is 0 Å². The second-order valence-corrected chi connectivity index (χ2v) is 9.22. The number of amides is 2. The summed E-state index contributed by atoms with van der Waals surface area (Å²) in [7, 11) is 0. The van der Waals surface area contributed by atoms with E-state index >= 15 is 0 Å². The van der Waals surface area contributed by atoms with E-state index in [1.165, 1.54) is 0 Å². The molecule has 0 aromatic heterocycles. The lowest BCUT2D eigenvalue weighted by Crippen LogP contribution is -2.54. The number of hydrogen-bond acceptors (Lipinski definition) is 4. The first-order valence-corrected chi connectivity index (χ1v) is 11.3. The molecule has 7 heteroatoms. The molecule has 33 heavy (non-hydrogen) atoms. The summed E-state index contributed by atoms with van der Waals surface area (Å²) in [5, 5.41) is 14.6. The third-order valence-electron chi connectivity index (χ3n) is 5.89. The van der Waals surface area contributed by atoms with Crippen molar-refractivity contribution >= 4 is 18.0 Å². The summed E-state index contributed by atoms with van der Waals surface area (Å²) in [6.07, 6.45) is -0.405. The van der Waals surface area contributed by atoms with E-state index in [1.807, 2.05) is 50.2 Å². The number of nitrogens with one attached hydrogen (secondary N) is 2. The van der Waals surface area contributed by atoms with Gasteiger partial charge in [-0.2, -0.15) is 0 Å². The van der Waals surface area contributed by atoms with Gasteiger partial charge in [0.2, 0.25) is 5.91 Å². The summed E-state index contributed by atoms with van der Waals surface area (Å²) in [4.78, 5) is 36.9. The summed E-state index contributed by atoms with van der Waals surface area (Å²) < 4.78 is 5.54. The molecule has 0 heterocycles. The maximum atomic E-state index is 12.8. The Morgan fingerprint density at radius 3 is 1.94 bits per heavy atom. The van der Waals surface area contributed by atoms with E-state index in [4.69, 9.17) is 4.74 Å². The summed E-state index contributed by atoms with van der Waals surface area (Å²) >= 11 is 0. The number of fused-ring (bicyclic) bond motifs is 3. The molecule has 1 aliphatic carbocycles. The molecule has 0 saturated heterocycles. The van der Waals surface area contributed by atoms with Crippen molar-refractivity contribution in [1.82, 2.24) is 10.6 Å². The number of carbonyl (C=O) groups excluding carboxylic acids is 2. The van der Waals surface area contributed by atoms with Crippen LogP contribution in [-0.4, -0.2) is 41.8 Å². The maximum absolute atomic E-state index is 12.8. The van der Waals surface area contributed by atoms with Crippen molar-refractivity contribution in [3.8, 4) is 11.1 Å². The minimum atomic E-state index is -1.10. The molecule has 3 rings (SSSR count). The van der Waals surface area contributed by atoms with E-state index < -0.39 is 30.1 Å². The molecular weight excluding hydrogens is 420 g/mol. The lowest BCUT2D eigenvalue weighted by atomic mass is 9.98. The Kier molecular flexibility index (Phi) is 7.74. The van der Waals surface area contributed by atoms with Gasteiger partial charge in [-0.25, -0.2) is 9.59 Å². The lowest BCUT2D eigenvalue weighted by molar-refractivity contribution is -0.142. The van der Waals surface area contributed by atoms with Gasteiger partial charge in [-0.1, -0.05) is 76.2 Å². The molecule has 3 N–H and O–H groups in total. The molecule has 1 aliphatic rings. The van der Waals surface area contributed by atoms with Gasteiger partial charge in [-0.05, 0) is 40.5 Å². The third kappa shape index (κ3) is 5.72. The van der Waals surface area contributed by atoms with Crippen molar-refractivity contribution < 1.29 is 24.2 Å². The molecule has 0 saturated carbocycles. The molecule has 0 spiro atoms. The van der Waals surface area contributed by atoms with Crippen molar-refractivity contribution in [2.24, 2.45) is 11.8 Å². The third-order valence-corrected chi connectivity index (χ3v) is 5.89. The second-order valence-electron chi connectivity index (χ2n) is 9.22. The van der Waals surface area contributed by atoms with Gasteiger partial charge in [-0.3, -0.25) is 4.79 Å². The van der Waals surface area contributed by atoms with Gasteiger partial charge >= 0.3 is 12.1 Å². The van der Waals surface area contributed by atoms with Crippen LogP contribution in [0.5, 0.6) is 0 Å². The quantitative estimate of drug-likeness (QED) is 0.530. The Labute approximate surface area is 194 Å². The van der Waals surface area contributed by atoms with Crippen LogP contribution in [0.2, 0.25) is 0 Å². The van der Waals surface area contributed by atoms with Crippen LogP contribution in [0, 0.1) is 11.8 Å². The number of aliphatic carboxylic acids is 1. The SMILES string of the molecule is CC(C)C[C@H](NC(=O)[C@H](NC(=O)OCC1c2ccccc2-c2ccccc21)C(C)C)C(=O)O. The predicted octanol–water partition coefficient (Wildman–Crippen LogP) is 4.17. The van der Waals surface area contributed by atoms with Gasteiger partial charge in [-0.15, -0.1) is 0 Å². The Balaban J connectivity index is 1.65. The standard InChI is InChI=1S/C26H32N2O5/c1-15(2)13-22(25(30)31)27-24(29)23(16(3)4)28-26(32)33-14-21-19-11-7-5-9-17(19)18-10-6-8-12-20(18)21/h5-12,15-16,21-23H,13-14H2,1-4H3,(H,27,29)(H,28,32)(H,30,31)/t22-,23+/m0/s1. The lowest BCUT2D eigenvalue weighted by Gasteiger charge is -2.24. The molecule has 0 bridgehead atoms. The van der Waals surface area contributed by atoms with Gasteiger partial charge in [0, 0.05) is 5.92 Å². The fourth-order valence-corrected chi connectivity index (χ4v) is 4.26. The van der Waals surface area contributed by atoms with Crippen molar-refractivity contribution in [2.75, 3.05) is 6.61 Å². The fourth-order valence-electron chi connectivity index (χ4n) is 4.26. The van der Waals surface area contributed by atoms with Crippen LogP contribution in [0.3, 0.4) is 0 Å². The number of carboxylic acids is 1. The zero-order chi connectivity index (χ0) is 24.1. The number of carboxylic acid groups (broad SMARTS) is 1. The molecule has 0 aliphatic heterocycles. The fraction of sp³-hybridized carbons (Fsp3) is 0.423. The van der Waals surface area contributed by atoms with E-state index in [0.717, 1.165) is 22.3 Å². The highest BCUT2D eigenvalue weighted by Crippen LogP contribution is 2.44.